The lowest BCUT2D eigenvalue weighted by molar-refractivity contribution is 0.0937. The minimum absolute atomic E-state index is 0.0396. The number of hydrogen-bond donors (Lipinski definition) is 1. The Balaban J connectivity index is 1.80. The second kappa shape index (κ2) is 8.40. The summed E-state index contributed by atoms with van der Waals surface area (Å²) in [4.78, 5) is 25.5. The van der Waals surface area contributed by atoms with Gasteiger partial charge in [-0.2, -0.15) is 0 Å². The molecule has 1 aromatic heterocycles. The Kier molecular flexibility index (Phi) is 5.97. The molecule has 5 heteroatoms. The van der Waals surface area contributed by atoms with Gasteiger partial charge < -0.3 is 9.88 Å². The summed E-state index contributed by atoms with van der Waals surface area (Å²) in [7, 11) is 0. The van der Waals surface area contributed by atoms with Crippen LogP contribution in [0.5, 0.6) is 0 Å². The van der Waals surface area contributed by atoms with E-state index < -0.39 is 0 Å². The number of halogens is 1. The number of carbonyl (C=O) groups is 1. The van der Waals surface area contributed by atoms with E-state index >= 15 is 0 Å². The van der Waals surface area contributed by atoms with E-state index in [1.807, 2.05) is 42.7 Å². The van der Waals surface area contributed by atoms with Crippen LogP contribution in [0.2, 0.25) is 5.02 Å². The number of hydrogen-bond acceptors (Lipinski definition) is 2. The highest BCUT2D eigenvalue weighted by molar-refractivity contribution is 6.31. The largest absolute Gasteiger partial charge is 0.349 e. The lowest BCUT2D eigenvalue weighted by Crippen LogP contribution is -2.36. The van der Waals surface area contributed by atoms with E-state index in [2.05, 4.69) is 17.4 Å². The summed E-state index contributed by atoms with van der Waals surface area (Å²) in [5, 5.41) is 3.90. The van der Waals surface area contributed by atoms with Crippen molar-refractivity contribution < 1.29 is 4.79 Å². The molecular weight excluding hydrogens is 360 g/mol. The Morgan fingerprint density at radius 1 is 1.19 bits per heavy atom. The third-order valence-electron chi connectivity index (χ3n) is 4.71. The van der Waals surface area contributed by atoms with Gasteiger partial charge in [0.2, 0.25) is 5.43 Å². The predicted octanol–water partition coefficient (Wildman–Crippen LogP) is 4.43. The number of aromatic nitrogens is 1. The van der Waals surface area contributed by atoms with Crippen molar-refractivity contribution in [2.45, 2.75) is 39.3 Å². The van der Waals surface area contributed by atoms with E-state index in [1.165, 1.54) is 5.56 Å². The molecule has 0 bridgehead atoms. The zero-order chi connectivity index (χ0) is 19.4. The molecule has 0 saturated carbocycles. The average molecular weight is 383 g/mol. The first-order chi connectivity index (χ1) is 13.0. The molecule has 0 radical (unpaired) electrons. The molecule has 27 heavy (non-hydrogen) atoms. The van der Waals surface area contributed by atoms with Gasteiger partial charge in [-0.05, 0) is 50.5 Å². The van der Waals surface area contributed by atoms with E-state index in [4.69, 9.17) is 11.6 Å². The molecule has 1 amide bonds. The van der Waals surface area contributed by atoms with Crippen molar-refractivity contribution in [3.63, 3.8) is 0 Å². The first-order valence-electron chi connectivity index (χ1n) is 9.17. The predicted molar refractivity (Wildman–Crippen MR) is 111 cm³/mol. The molecule has 2 aromatic carbocycles. The first kappa shape index (κ1) is 19.2. The van der Waals surface area contributed by atoms with E-state index in [9.17, 15) is 9.59 Å². The van der Waals surface area contributed by atoms with Crippen molar-refractivity contribution in [3.8, 4) is 0 Å². The fourth-order valence-electron chi connectivity index (χ4n) is 3.19. The summed E-state index contributed by atoms with van der Waals surface area (Å²) in [5.74, 6) is -0.343. The quantitative estimate of drug-likeness (QED) is 0.685. The molecule has 1 atom stereocenters. The molecule has 0 unspecified atom stereocenters. The highest BCUT2D eigenvalue weighted by Crippen LogP contribution is 2.18. The third kappa shape index (κ3) is 4.40. The maximum absolute atomic E-state index is 12.8. The second-order valence-corrected chi connectivity index (χ2v) is 7.15. The molecule has 0 saturated heterocycles. The summed E-state index contributed by atoms with van der Waals surface area (Å²) < 4.78 is 1.90. The van der Waals surface area contributed by atoms with Crippen LogP contribution in [0.25, 0.3) is 10.9 Å². The van der Waals surface area contributed by atoms with Gasteiger partial charge in [0.25, 0.3) is 5.91 Å². The highest BCUT2D eigenvalue weighted by Gasteiger charge is 2.17. The molecule has 3 aromatic rings. The Morgan fingerprint density at radius 3 is 2.63 bits per heavy atom. The van der Waals surface area contributed by atoms with Crippen molar-refractivity contribution in [3.05, 3.63) is 81.1 Å². The third-order valence-corrected chi connectivity index (χ3v) is 4.95. The van der Waals surface area contributed by atoms with Crippen LogP contribution in [-0.4, -0.2) is 16.5 Å². The molecule has 0 aliphatic heterocycles. The summed E-state index contributed by atoms with van der Waals surface area (Å²) >= 11 is 6.05. The SMILES string of the molecule is CCn1cc(C(=O)N[C@@H](C)CCc2ccccc2)c(=O)c2cc(Cl)ccc21. The number of nitrogens with one attached hydrogen (secondary N) is 1. The van der Waals surface area contributed by atoms with Gasteiger partial charge in [-0.25, -0.2) is 0 Å². The van der Waals surface area contributed by atoms with Gasteiger partial charge in [-0.1, -0.05) is 41.9 Å². The van der Waals surface area contributed by atoms with E-state index in [-0.39, 0.29) is 22.9 Å². The van der Waals surface area contributed by atoms with Gasteiger partial charge in [0, 0.05) is 29.2 Å². The van der Waals surface area contributed by atoms with Crippen molar-refractivity contribution in [2.24, 2.45) is 0 Å². The van der Waals surface area contributed by atoms with Gasteiger partial charge in [-0.3, -0.25) is 9.59 Å². The topological polar surface area (TPSA) is 51.1 Å². The summed E-state index contributed by atoms with van der Waals surface area (Å²) in [6.45, 7) is 4.59. The Bertz CT molecular complexity index is 1010. The zero-order valence-corrected chi connectivity index (χ0v) is 16.3. The van der Waals surface area contributed by atoms with Crippen LogP contribution in [0, 0.1) is 0 Å². The molecule has 4 nitrogen and oxygen atoms in total. The number of amides is 1. The van der Waals surface area contributed by atoms with Gasteiger partial charge in [0.05, 0.1) is 5.52 Å². The number of pyridine rings is 1. The van der Waals surface area contributed by atoms with E-state index in [1.54, 1.807) is 18.3 Å². The Hall–Kier alpha value is -2.59. The number of aryl methyl sites for hydroxylation is 2. The van der Waals surface area contributed by atoms with Crippen LogP contribution in [0.15, 0.2) is 59.5 Å². The molecular formula is C22H23ClN2O2. The Morgan fingerprint density at radius 2 is 1.93 bits per heavy atom. The molecule has 1 heterocycles. The monoisotopic (exact) mass is 382 g/mol. The van der Waals surface area contributed by atoms with E-state index in [0.717, 1.165) is 18.4 Å². The van der Waals surface area contributed by atoms with E-state index in [0.29, 0.717) is 17.0 Å². The van der Waals surface area contributed by atoms with Crippen LogP contribution in [0.1, 0.15) is 36.2 Å². The minimum atomic E-state index is -0.343. The molecule has 0 fully saturated rings. The van der Waals surface area contributed by atoms with Gasteiger partial charge in [0.15, 0.2) is 0 Å². The van der Waals surface area contributed by atoms with Crippen molar-refractivity contribution in [1.29, 1.82) is 0 Å². The van der Waals surface area contributed by atoms with Crippen LogP contribution >= 0.6 is 11.6 Å². The normalized spacial score (nSPS) is 12.1. The molecule has 3 rings (SSSR count). The van der Waals surface area contributed by atoms with Gasteiger partial charge in [-0.15, -0.1) is 0 Å². The molecule has 1 N–H and O–H groups in total. The molecule has 0 aliphatic rings. The Labute approximate surface area is 163 Å². The number of carbonyl (C=O) groups excluding carboxylic acids is 1. The van der Waals surface area contributed by atoms with Gasteiger partial charge >= 0.3 is 0 Å². The minimum Gasteiger partial charge on any atom is -0.349 e. The van der Waals surface area contributed by atoms with Crippen LogP contribution in [0.4, 0.5) is 0 Å². The summed E-state index contributed by atoms with van der Waals surface area (Å²) in [5.41, 5.74) is 1.87. The number of fused-ring (bicyclic) bond motifs is 1. The van der Waals surface area contributed by atoms with Crippen LogP contribution in [-0.2, 0) is 13.0 Å². The maximum Gasteiger partial charge on any atom is 0.256 e. The van der Waals surface area contributed by atoms with Crippen molar-refractivity contribution in [1.82, 2.24) is 9.88 Å². The smallest absolute Gasteiger partial charge is 0.256 e. The van der Waals surface area contributed by atoms with Crippen LogP contribution < -0.4 is 10.7 Å². The fraction of sp³-hybridized carbons (Fsp3) is 0.273. The summed E-state index contributed by atoms with van der Waals surface area (Å²) in [6, 6.07) is 15.3. The lowest BCUT2D eigenvalue weighted by Gasteiger charge is -2.16. The lowest BCUT2D eigenvalue weighted by atomic mass is 10.1. The second-order valence-electron chi connectivity index (χ2n) is 6.72. The number of nitrogens with zero attached hydrogens (tertiary/aromatic N) is 1. The standard InChI is InChI=1S/C22H23ClN2O2/c1-3-25-14-19(21(26)18-13-17(23)11-12-20(18)25)22(27)24-15(2)9-10-16-7-5-4-6-8-16/h4-8,11-15H,3,9-10H2,1-2H3,(H,24,27)/t15-/m0/s1. The van der Waals surface area contributed by atoms with Crippen molar-refractivity contribution in [2.75, 3.05) is 0 Å². The average Bonchev–Trinajstić information content (AvgIpc) is 2.67. The fourth-order valence-corrected chi connectivity index (χ4v) is 3.37. The number of benzene rings is 2. The molecule has 0 aliphatic carbocycles. The van der Waals surface area contributed by atoms with Crippen LogP contribution in [0.3, 0.4) is 0 Å². The maximum atomic E-state index is 12.8. The zero-order valence-electron chi connectivity index (χ0n) is 15.5. The molecule has 140 valence electrons. The van der Waals surface area contributed by atoms with Gasteiger partial charge in [0.1, 0.15) is 5.56 Å². The van der Waals surface area contributed by atoms with Crippen molar-refractivity contribution >= 4 is 28.4 Å². The highest BCUT2D eigenvalue weighted by atomic mass is 35.5. The number of rotatable bonds is 6. The first-order valence-corrected chi connectivity index (χ1v) is 9.55. The summed E-state index contributed by atoms with van der Waals surface area (Å²) in [6.07, 6.45) is 3.31. The molecule has 0 spiro atoms.